The van der Waals surface area contributed by atoms with Gasteiger partial charge in [-0.1, -0.05) is 25.7 Å². The third-order valence-electron chi connectivity index (χ3n) is 3.81. The van der Waals surface area contributed by atoms with Crippen molar-refractivity contribution in [2.24, 2.45) is 0 Å². The molecule has 17 heavy (non-hydrogen) atoms. The molecule has 3 nitrogen and oxygen atoms in total. The highest BCUT2D eigenvalue weighted by molar-refractivity contribution is 5.85. The average molecular weight is 261 g/mol. The van der Waals surface area contributed by atoms with E-state index in [2.05, 4.69) is 10.6 Å². The Balaban J connectivity index is 0.00000144. The number of carbonyl (C=O) groups excluding carboxylic acids is 1. The number of amides is 1. The van der Waals surface area contributed by atoms with E-state index in [4.69, 9.17) is 0 Å². The van der Waals surface area contributed by atoms with Gasteiger partial charge in [-0.15, -0.1) is 12.4 Å². The molecule has 2 aliphatic rings. The van der Waals surface area contributed by atoms with Gasteiger partial charge in [0.15, 0.2) is 0 Å². The van der Waals surface area contributed by atoms with E-state index in [1.54, 1.807) is 0 Å². The lowest BCUT2D eigenvalue weighted by atomic mass is 10.1. The van der Waals surface area contributed by atoms with E-state index >= 15 is 0 Å². The van der Waals surface area contributed by atoms with E-state index in [9.17, 15) is 4.79 Å². The summed E-state index contributed by atoms with van der Waals surface area (Å²) in [5, 5.41) is 6.58. The molecule has 0 spiro atoms. The summed E-state index contributed by atoms with van der Waals surface area (Å²) in [5.74, 6) is 0.256. The fraction of sp³-hybridized carbons (Fsp3) is 0.923. The number of rotatable bonds is 3. The largest absolute Gasteiger partial charge is 0.353 e. The van der Waals surface area contributed by atoms with E-state index in [1.807, 2.05) is 0 Å². The van der Waals surface area contributed by atoms with Crippen LogP contribution in [0.2, 0.25) is 0 Å². The maximum atomic E-state index is 11.8. The van der Waals surface area contributed by atoms with Crippen molar-refractivity contribution < 1.29 is 4.79 Å². The van der Waals surface area contributed by atoms with Gasteiger partial charge in [-0.3, -0.25) is 4.79 Å². The summed E-state index contributed by atoms with van der Waals surface area (Å²) in [4.78, 5) is 11.8. The zero-order chi connectivity index (χ0) is 11.2. The molecule has 1 aliphatic heterocycles. The van der Waals surface area contributed by atoms with E-state index in [0.29, 0.717) is 18.5 Å². The van der Waals surface area contributed by atoms with Gasteiger partial charge in [0.1, 0.15) is 0 Å². The minimum atomic E-state index is 0. The zero-order valence-electron chi connectivity index (χ0n) is 10.5. The summed E-state index contributed by atoms with van der Waals surface area (Å²) >= 11 is 0. The van der Waals surface area contributed by atoms with Crippen LogP contribution in [0.1, 0.15) is 57.8 Å². The molecule has 1 unspecified atom stereocenters. The van der Waals surface area contributed by atoms with Crippen LogP contribution in [0.4, 0.5) is 0 Å². The van der Waals surface area contributed by atoms with E-state index in [1.165, 1.54) is 44.9 Å². The maximum Gasteiger partial charge on any atom is 0.221 e. The molecule has 1 atom stereocenters. The van der Waals surface area contributed by atoms with Gasteiger partial charge < -0.3 is 10.6 Å². The molecular weight excluding hydrogens is 236 g/mol. The first-order chi connectivity index (χ1) is 7.84. The first-order valence-electron chi connectivity index (χ1n) is 6.87. The number of hydrogen-bond acceptors (Lipinski definition) is 2. The van der Waals surface area contributed by atoms with Crippen LogP contribution in [0.5, 0.6) is 0 Å². The Morgan fingerprint density at radius 3 is 2.35 bits per heavy atom. The van der Waals surface area contributed by atoms with Gasteiger partial charge in [-0.2, -0.15) is 0 Å². The van der Waals surface area contributed by atoms with Crippen molar-refractivity contribution in [3.8, 4) is 0 Å². The van der Waals surface area contributed by atoms with Gasteiger partial charge >= 0.3 is 0 Å². The quantitative estimate of drug-likeness (QED) is 0.765. The molecule has 100 valence electrons. The predicted octanol–water partition coefficient (Wildman–Crippen LogP) is 2.39. The second kappa shape index (κ2) is 7.93. The molecule has 1 heterocycles. The molecule has 1 aliphatic carbocycles. The lowest BCUT2D eigenvalue weighted by Crippen LogP contribution is -2.38. The summed E-state index contributed by atoms with van der Waals surface area (Å²) in [5.41, 5.74) is 0. The van der Waals surface area contributed by atoms with Gasteiger partial charge in [0.05, 0.1) is 0 Å². The maximum absolute atomic E-state index is 11.8. The van der Waals surface area contributed by atoms with E-state index < -0.39 is 0 Å². The van der Waals surface area contributed by atoms with Crippen molar-refractivity contribution in [2.75, 3.05) is 6.54 Å². The molecular formula is C13H25ClN2O. The molecule has 2 fully saturated rings. The monoisotopic (exact) mass is 260 g/mol. The molecule has 0 aromatic heterocycles. The molecule has 0 aromatic carbocycles. The highest BCUT2D eigenvalue weighted by Gasteiger charge is 2.20. The first kappa shape index (κ1) is 14.8. The van der Waals surface area contributed by atoms with Crippen LogP contribution in [-0.4, -0.2) is 24.5 Å². The normalized spacial score (nSPS) is 26.0. The Hall–Kier alpha value is -0.280. The molecule has 1 amide bonds. The Morgan fingerprint density at radius 1 is 1.06 bits per heavy atom. The van der Waals surface area contributed by atoms with Gasteiger partial charge in [0.2, 0.25) is 5.91 Å². The van der Waals surface area contributed by atoms with Crippen molar-refractivity contribution in [3.05, 3.63) is 0 Å². The summed E-state index contributed by atoms with van der Waals surface area (Å²) < 4.78 is 0. The summed E-state index contributed by atoms with van der Waals surface area (Å²) in [7, 11) is 0. The smallest absolute Gasteiger partial charge is 0.221 e. The number of nitrogens with one attached hydrogen (secondary N) is 2. The highest BCUT2D eigenvalue weighted by Crippen LogP contribution is 2.17. The van der Waals surface area contributed by atoms with Crippen LogP contribution in [0.3, 0.4) is 0 Å². The number of halogens is 1. The van der Waals surface area contributed by atoms with Gasteiger partial charge in [0.25, 0.3) is 0 Å². The molecule has 0 aromatic rings. The SMILES string of the molecule is Cl.O=C(CC1CCCN1)NC1CCCCCC1. The van der Waals surface area contributed by atoms with Crippen LogP contribution in [0.25, 0.3) is 0 Å². The minimum Gasteiger partial charge on any atom is -0.353 e. The van der Waals surface area contributed by atoms with Crippen LogP contribution in [-0.2, 0) is 4.79 Å². The lowest BCUT2D eigenvalue weighted by molar-refractivity contribution is -0.122. The predicted molar refractivity (Wildman–Crippen MR) is 72.5 cm³/mol. The van der Waals surface area contributed by atoms with Crippen molar-refractivity contribution in [1.29, 1.82) is 0 Å². The second-order valence-electron chi connectivity index (χ2n) is 5.25. The van der Waals surface area contributed by atoms with Gasteiger partial charge in [-0.25, -0.2) is 0 Å². The van der Waals surface area contributed by atoms with Crippen molar-refractivity contribution in [3.63, 3.8) is 0 Å². The third kappa shape index (κ3) is 5.26. The highest BCUT2D eigenvalue weighted by atomic mass is 35.5. The Bertz CT molecular complexity index is 221. The van der Waals surface area contributed by atoms with E-state index in [0.717, 1.165) is 13.0 Å². The summed E-state index contributed by atoms with van der Waals surface area (Å²) in [6.45, 7) is 1.08. The third-order valence-corrected chi connectivity index (χ3v) is 3.81. The fourth-order valence-corrected chi connectivity index (χ4v) is 2.87. The van der Waals surface area contributed by atoms with Crippen molar-refractivity contribution >= 4 is 18.3 Å². The standard InChI is InChI=1S/C13H24N2O.ClH/c16-13(10-12-8-5-9-14-12)15-11-6-3-1-2-4-7-11;/h11-12,14H,1-10H2,(H,15,16);1H. The lowest BCUT2D eigenvalue weighted by Gasteiger charge is -2.17. The van der Waals surface area contributed by atoms with Gasteiger partial charge in [-0.05, 0) is 32.2 Å². The molecule has 0 radical (unpaired) electrons. The topological polar surface area (TPSA) is 41.1 Å². The van der Waals surface area contributed by atoms with E-state index in [-0.39, 0.29) is 18.3 Å². The Morgan fingerprint density at radius 2 is 1.76 bits per heavy atom. The Labute approximate surface area is 111 Å². The molecule has 2 N–H and O–H groups in total. The second-order valence-corrected chi connectivity index (χ2v) is 5.25. The van der Waals surface area contributed by atoms with Gasteiger partial charge in [0, 0.05) is 18.5 Å². The summed E-state index contributed by atoms with van der Waals surface area (Å²) in [6, 6.07) is 0.891. The average Bonchev–Trinajstić information content (AvgIpc) is 2.62. The number of carbonyl (C=O) groups is 1. The first-order valence-corrected chi connectivity index (χ1v) is 6.87. The molecule has 1 saturated heterocycles. The summed E-state index contributed by atoms with van der Waals surface area (Å²) in [6.07, 6.45) is 10.7. The van der Waals surface area contributed by atoms with Crippen molar-refractivity contribution in [2.45, 2.75) is 69.9 Å². The molecule has 1 saturated carbocycles. The molecule has 4 heteroatoms. The molecule has 0 bridgehead atoms. The number of hydrogen-bond donors (Lipinski definition) is 2. The molecule has 2 rings (SSSR count). The van der Waals surface area contributed by atoms with Crippen LogP contribution < -0.4 is 10.6 Å². The fourth-order valence-electron chi connectivity index (χ4n) is 2.87. The minimum absolute atomic E-state index is 0. The van der Waals surface area contributed by atoms with Crippen LogP contribution in [0, 0.1) is 0 Å². The zero-order valence-corrected chi connectivity index (χ0v) is 11.4. The van der Waals surface area contributed by atoms with Crippen LogP contribution in [0.15, 0.2) is 0 Å². The van der Waals surface area contributed by atoms with Crippen LogP contribution >= 0.6 is 12.4 Å². The Kier molecular flexibility index (Phi) is 6.90. The van der Waals surface area contributed by atoms with Crippen molar-refractivity contribution in [1.82, 2.24) is 10.6 Å².